The minimum absolute atomic E-state index is 0.118. The van der Waals surface area contributed by atoms with Gasteiger partial charge in [0.1, 0.15) is 17.8 Å². The fourth-order valence-corrected chi connectivity index (χ4v) is 1.61. The highest BCUT2D eigenvalue weighted by Gasteiger charge is 2.21. The van der Waals surface area contributed by atoms with Crippen LogP contribution in [-0.2, 0) is 4.74 Å². The summed E-state index contributed by atoms with van der Waals surface area (Å²) in [6, 6.07) is 6.62. The van der Waals surface area contributed by atoms with Crippen LogP contribution in [0, 0.1) is 0 Å². The number of hydrogen-bond acceptors (Lipinski definition) is 6. The Hall–Kier alpha value is -1.83. The van der Waals surface area contributed by atoms with E-state index in [1.807, 2.05) is 0 Å². The summed E-state index contributed by atoms with van der Waals surface area (Å²) < 4.78 is 5.04. The summed E-state index contributed by atoms with van der Waals surface area (Å²) in [6.07, 6.45) is -2.91. The lowest BCUT2D eigenvalue weighted by molar-refractivity contribution is 0.0129. The van der Waals surface area contributed by atoms with Gasteiger partial charge in [-0.15, -0.1) is 0 Å². The van der Waals surface area contributed by atoms with Gasteiger partial charge in [-0.1, -0.05) is 12.1 Å². The molecule has 21 heavy (non-hydrogen) atoms. The molecule has 7 nitrogen and oxygen atoms in total. The van der Waals surface area contributed by atoms with Crippen LogP contribution in [0.4, 0.5) is 10.5 Å². The lowest BCUT2D eigenvalue weighted by Gasteiger charge is -2.22. The quantitative estimate of drug-likeness (QED) is 0.407. The van der Waals surface area contributed by atoms with E-state index in [0.717, 1.165) is 0 Å². The average molecular weight is 297 g/mol. The Balaban J connectivity index is 2.50. The van der Waals surface area contributed by atoms with Gasteiger partial charge in [-0.05, 0) is 38.5 Å². The van der Waals surface area contributed by atoms with Crippen molar-refractivity contribution in [1.82, 2.24) is 5.32 Å². The number of amides is 1. The molecule has 1 rings (SSSR count). The summed E-state index contributed by atoms with van der Waals surface area (Å²) in [5, 5.41) is 22.3. The minimum atomic E-state index is -1.14. The van der Waals surface area contributed by atoms with Crippen LogP contribution in [0.2, 0.25) is 0 Å². The molecule has 0 spiro atoms. The summed E-state index contributed by atoms with van der Waals surface area (Å²) in [4.78, 5) is 11.5. The van der Waals surface area contributed by atoms with Crippen LogP contribution in [0.15, 0.2) is 24.3 Å². The predicted molar refractivity (Wildman–Crippen MR) is 79.5 cm³/mol. The van der Waals surface area contributed by atoms with Gasteiger partial charge in [0.15, 0.2) is 0 Å². The smallest absolute Gasteiger partial charge is 0.407 e. The number of carbonyl (C=O) groups excluding carboxylic acids is 1. The second-order valence-corrected chi connectivity index (χ2v) is 5.66. The van der Waals surface area contributed by atoms with Crippen LogP contribution in [-0.4, -0.2) is 34.6 Å². The number of nitrogen functional groups attached to an aromatic ring is 1. The van der Waals surface area contributed by atoms with E-state index in [-0.39, 0.29) is 6.54 Å². The lowest BCUT2D eigenvalue weighted by Crippen LogP contribution is -2.38. The number of alkyl carbamates (subject to hydrolysis) is 1. The molecule has 0 saturated heterocycles. The first kappa shape index (κ1) is 17.2. The first-order valence-electron chi connectivity index (χ1n) is 6.62. The van der Waals surface area contributed by atoms with Gasteiger partial charge in [0.2, 0.25) is 0 Å². The highest BCUT2D eigenvalue weighted by atomic mass is 16.6. The first-order valence-corrected chi connectivity index (χ1v) is 6.62. The van der Waals surface area contributed by atoms with Crippen molar-refractivity contribution in [3.63, 3.8) is 0 Å². The van der Waals surface area contributed by atoms with Crippen molar-refractivity contribution >= 4 is 11.8 Å². The van der Waals surface area contributed by atoms with E-state index in [1.54, 1.807) is 45.0 Å². The largest absolute Gasteiger partial charge is 0.444 e. The molecule has 2 unspecified atom stereocenters. The van der Waals surface area contributed by atoms with Gasteiger partial charge in [0, 0.05) is 12.2 Å². The maximum absolute atomic E-state index is 11.5. The zero-order chi connectivity index (χ0) is 16.0. The van der Waals surface area contributed by atoms with Gasteiger partial charge in [-0.3, -0.25) is 5.84 Å². The molecule has 0 saturated carbocycles. The summed E-state index contributed by atoms with van der Waals surface area (Å²) in [5.74, 6) is 5.24. The van der Waals surface area contributed by atoms with Crippen molar-refractivity contribution in [2.45, 2.75) is 38.6 Å². The van der Waals surface area contributed by atoms with Crippen LogP contribution in [0.3, 0.4) is 0 Å². The zero-order valence-corrected chi connectivity index (χ0v) is 12.5. The first-order chi connectivity index (χ1) is 9.73. The van der Waals surface area contributed by atoms with Crippen LogP contribution in [0.1, 0.15) is 32.4 Å². The van der Waals surface area contributed by atoms with Crippen molar-refractivity contribution in [3.05, 3.63) is 29.8 Å². The number of hydrogen-bond donors (Lipinski definition) is 5. The van der Waals surface area contributed by atoms with E-state index < -0.39 is 23.9 Å². The van der Waals surface area contributed by atoms with Crippen molar-refractivity contribution in [2.75, 3.05) is 12.0 Å². The molecular formula is C14H23N3O4. The molecule has 0 aliphatic carbocycles. The molecule has 7 heteroatoms. The molecule has 6 N–H and O–H groups in total. The van der Waals surface area contributed by atoms with E-state index in [2.05, 4.69) is 10.7 Å². The second-order valence-electron chi connectivity index (χ2n) is 5.66. The Kier molecular flexibility index (Phi) is 5.95. The number of benzene rings is 1. The standard InChI is InChI=1S/C14H23N3O4/c1-14(2,3)21-13(20)16-8-11(18)12(19)9-4-6-10(17-15)7-5-9/h4-7,11-12,17-19H,8,15H2,1-3H3,(H,16,20). The number of nitrogens with one attached hydrogen (secondary N) is 2. The molecule has 1 amide bonds. The summed E-state index contributed by atoms with van der Waals surface area (Å²) >= 11 is 0. The average Bonchev–Trinajstić information content (AvgIpc) is 2.42. The third-order valence-electron chi connectivity index (χ3n) is 2.64. The van der Waals surface area contributed by atoms with E-state index >= 15 is 0 Å². The molecule has 0 aromatic heterocycles. The Morgan fingerprint density at radius 3 is 2.33 bits per heavy atom. The summed E-state index contributed by atoms with van der Waals surface area (Å²) in [5.41, 5.74) is 3.06. The number of carbonyl (C=O) groups is 1. The number of ether oxygens (including phenoxy) is 1. The molecule has 0 bridgehead atoms. The highest BCUT2D eigenvalue weighted by molar-refractivity contribution is 5.67. The molecule has 118 valence electrons. The molecule has 0 aliphatic rings. The molecular weight excluding hydrogens is 274 g/mol. The van der Waals surface area contributed by atoms with Crippen LogP contribution in [0.25, 0.3) is 0 Å². The van der Waals surface area contributed by atoms with Gasteiger partial charge in [-0.2, -0.15) is 0 Å². The number of anilines is 1. The molecule has 0 heterocycles. The Morgan fingerprint density at radius 2 is 1.86 bits per heavy atom. The summed E-state index contributed by atoms with van der Waals surface area (Å²) in [7, 11) is 0. The SMILES string of the molecule is CC(C)(C)OC(=O)NCC(O)C(O)c1ccc(NN)cc1. The number of hydrazine groups is 1. The zero-order valence-electron chi connectivity index (χ0n) is 12.5. The molecule has 2 atom stereocenters. The van der Waals surface area contributed by atoms with Crippen molar-refractivity contribution in [1.29, 1.82) is 0 Å². The van der Waals surface area contributed by atoms with Gasteiger partial charge in [-0.25, -0.2) is 4.79 Å². The minimum Gasteiger partial charge on any atom is -0.444 e. The number of rotatable bonds is 5. The molecule has 1 aromatic rings. The Labute approximate surface area is 124 Å². The lowest BCUT2D eigenvalue weighted by atomic mass is 10.0. The maximum atomic E-state index is 11.5. The van der Waals surface area contributed by atoms with Crippen LogP contribution < -0.4 is 16.6 Å². The van der Waals surface area contributed by atoms with Gasteiger partial charge >= 0.3 is 6.09 Å². The normalized spacial score (nSPS) is 14.2. The van der Waals surface area contributed by atoms with Gasteiger partial charge in [0.25, 0.3) is 0 Å². The molecule has 0 aliphatic heterocycles. The molecule has 0 radical (unpaired) electrons. The van der Waals surface area contributed by atoms with E-state index in [1.165, 1.54) is 0 Å². The van der Waals surface area contributed by atoms with Crippen molar-refractivity contribution in [3.8, 4) is 0 Å². The number of aliphatic hydroxyl groups is 2. The fourth-order valence-electron chi connectivity index (χ4n) is 1.61. The van der Waals surface area contributed by atoms with Crippen LogP contribution >= 0.6 is 0 Å². The number of nitrogens with two attached hydrogens (primary N) is 1. The summed E-state index contributed by atoms with van der Waals surface area (Å²) in [6.45, 7) is 5.10. The van der Waals surface area contributed by atoms with Gasteiger partial charge in [0.05, 0.1) is 0 Å². The van der Waals surface area contributed by atoms with Gasteiger partial charge < -0.3 is 25.7 Å². The van der Waals surface area contributed by atoms with E-state index in [0.29, 0.717) is 11.3 Å². The number of aliphatic hydroxyl groups excluding tert-OH is 2. The fraction of sp³-hybridized carbons (Fsp3) is 0.500. The highest BCUT2D eigenvalue weighted by Crippen LogP contribution is 2.18. The van der Waals surface area contributed by atoms with Crippen molar-refractivity contribution < 1.29 is 19.7 Å². The Bertz CT molecular complexity index is 456. The Morgan fingerprint density at radius 1 is 1.29 bits per heavy atom. The topological polar surface area (TPSA) is 117 Å². The van der Waals surface area contributed by atoms with Crippen LogP contribution in [0.5, 0.6) is 0 Å². The van der Waals surface area contributed by atoms with E-state index in [4.69, 9.17) is 10.6 Å². The molecule has 0 fully saturated rings. The second kappa shape index (κ2) is 7.26. The third-order valence-corrected chi connectivity index (χ3v) is 2.64. The molecule has 1 aromatic carbocycles. The van der Waals surface area contributed by atoms with Crippen molar-refractivity contribution in [2.24, 2.45) is 5.84 Å². The monoisotopic (exact) mass is 297 g/mol. The third kappa shape index (κ3) is 5.99. The maximum Gasteiger partial charge on any atom is 0.407 e. The van der Waals surface area contributed by atoms with E-state index in [9.17, 15) is 15.0 Å². The predicted octanol–water partition coefficient (Wildman–Crippen LogP) is 0.891.